The fraction of sp³-hybridized carbons (Fsp3) is 0.533. The number of nitrogens with one attached hydrogen (secondary N) is 2. The Morgan fingerprint density at radius 1 is 1.45 bits per heavy atom. The highest BCUT2D eigenvalue weighted by Crippen LogP contribution is 2.14. The molecule has 5 nitrogen and oxygen atoms in total. The van der Waals surface area contributed by atoms with Gasteiger partial charge in [0.05, 0.1) is 0 Å². The van der Waals surface area contributed by atoms with Crippen LogP contribution in [0.4, 0.5) is 0 Å². The summed E-state index contributed by atoms with van der Waals surface area (Å²) in [5.41, 5.74) is 2.04. The Labute approximate surface area is 119 Å². The minimum Gasteiger partial charge on any atom is -0.354 e. The van der Waals surface area contributed by atoms with E-state index in [1.165, 1.54) is 0 Å². The smallest absolute Gasteiger partial charge is 0.266 e. The highest BCUT2D eigenvalue weighted by molar-refractivity contribution is 5.76. The molecule has 1 aromatic heterocycles. The molecule has 0 aliphatic carbocycles. The number of nitrogens with zero attached hydrogens (tertiary/aromatic N) is 1. The summed E-state index contributed by atoms with van der Waals surface area (Å²) in [7, 11) is 0. The number of hydrogen-bond acceptors (Lipinski definition) is 3. The van der Waals surface area contributed by atoms with Crippen molar-refractivity contribution < 1.29 is 4.79 Å². The summed E-state index contributed by atoms with van der Waals surface area (Å²) >= 11 is 0. The second-order valence-corrected chi connectivity index (χ2v) is 5.05. The fourth-order valence-electron chi connectivity index (χ4n) is 2.11. The molecule has 1 unspecified atom stereocenters. The number of nitriles is 1. The molecule has 108 valence electrons. The Kier molecular flexibility index (Phi) is 5.51. The molecule has 0 aliphatic heterocycles. The van der Waals surface area contributed by atoms with Crippen LogP contribution in [0.1, 0.15) is 49.1 Å². The maximum Gasteiger partial charge on any atom is 0.266 e. The van der Waals surface area contributed by atoms with Gasteiger partial charge in [-0.2, -0.15) is 5.26 Å². The molecule has 1 heterocycles. The van der Waals surface area contributed by atoms with Gasteiger partial charge in [0.2, 0.25) is 5.91 Å². The first-order valence-corrected chi connectivity index (χ1v) is 6.82. The van der Waals surface area contributed by atoms with Gasteiger partial charge >= 0.3 is 0 Å². The minimum absolute atomic E-state index is 0.0112. The number of aromatic nitrogens is 1. The summed E-state index contributed by atoms with van der Waals surface area (Å²) in [5.74, 6) is -0.0112. The van der Waals surface area contributed by atoms with Crippen molar-refractivity contribution in [3.8, 4) is 6.07 Å². The van der Waals surface area contributed by atoms with Crippen LogP contribution in [-0.4, -0.2) is 16.9 Å². The molecular weight excluding hydrogens is 254 g/mol. The zero-order valence-corrected chi connectivity index (χ0v) is 12.5. The van der Waals surface area contributed by atoms with E-state index in [4.69, 9.17) is 5.26 Å². The van der Waals surface area contributed by atoms with E-state index in [0.717, 1.165) is 17.7 Å². The van der Waals surface area contributed by atoms with E-state index in [9.17, 15) is 9.59 Å². The van der Waals surface area contributed by atoms with Crippen molar-refractivity contribution in [3.05, 3.63) is 32.7 Å². The standard InChI is InChI=1S/C15H21N3O2/c1-5-9(2)17-14(19)7-6-12-10(3)13(8-16)15(20)18-11(12)4/h9H,5-7H2,1-4H3,(H,17,19)(H,18,20). The van der Waals surface area contributed by atoms with Crippen molar-refractivity contribution >= 4 is 5.91 Å². The lowest BCUT2D eigenvalue weighted by Crippen LogP contribution is -2.32. The topological polar surface area (TPSA) is 85.8 Å². The number of hydrogen-bond donors (Lipinski definition) is 2. The second-order valence-electron chi connectivity index (χ2n) is 5.05. The predicted molar refractivity (Wildman–Crippen MR) is 77.5 cm³/mol. The highest BCUT2D eigenvalue weighted by atomic mass is 16.1. The summed E-state index contributed by atoms with van der Waals surface area (Å²) in [6, 6.07) is 2.08. The van der Waals surface area contributed by atoms with Gasteiger partial charge in [0, 0.05) is 18.2 Å². The Morgan fingerprint density at radius 2 is 2.10 bits per heavy atom. The van der Waals surface area contributed by atoms with Crippen LogP contribution < -0.4 is 10.9 Å². The Balaban J connectivity index is 2.87. The number of aryl methyl sites for hydroxylation is 1. The molecule has 1 aromatic rings. The average molecular weight is 275 g/mol. The minimum atomic E-state index is -0.365. The van der Waals surface area contributed by atoms with Crippen LogP contribution in [0.25, 0.3) is 0 Å². The highest BCUT2D eigenvalue weighted by Gasteiger charge is 2.13. The second kappa shape index (κ2) is 6.90. The van der Waals surface area contributed by atoms with Gasteiger partial charge in [-0.05, 0) is 44.7 Å². The van der Waals surface area contributed by atoms with Crippen LogP contribution in [0.3, 0.4) is 0 Å². The molecule has 5 heteroatoms. The lowest BCUT2D eigenvalue weighted by molar-refractivity contribution is -0.121. The number of carbonyl (C=O) groups excluding carboxylic acids is 1. The van der Waals surface area contributed by atoms with Crippen LogP contribution in [-0.2, 0) is 11.2 Å². The van der Waals surface area contributed by atoms with Gasteiger partial charge in [0.1, 0.15) is 11.6 Å². The molecule has 0 bridgehead atoms. The van der Waals surface area contributed by atoms with Gasteiger partial charge in [-0.1, -0.05) is 6.92 Å². The van der Waals surface area contributed by atoms with Crippen molar-refractivity contribution in [2.24, 2.45) is 0 Å². The first kappa shape index (κ1) is 16.0. The van der Waals surface area contributed by atoms with Gasteiger partial charge < -0.3 is 10.3 Å². The number of aromatic amines is 1. The van der Waals surface area contributed by atoms with Gasteiger partial charge in [-0.3, -0.25) is 9.59 Å². The van der Waals surface area contributed by atoms with Crippen LogP contribution >= 0.6 is 0 Å². The van der Waals surface area contributed by atoms with Gasteiger partial charge in [0.15, 0.2) is 0 Å². The van der Waals surface area contributed by atoms with Crippen molar-refractivity contribution in [2.45, 2.75) is 53.0 Å². The van der Waals surface area contributed by atoms with E-state index in [0.29, 0.717) is 18.4 Å². The number of carbonyl (C=O) groups is 1. The lowest BCUT2D eigenvalue weighted by Gasteiger charge is -2.13. The third kappa shape index (κ3) is 3.70. The van der Waals surface area contributed by atoms with E-state index >= 15 is 0 Å². The molecule has 20 heavy (non-hydrogen) atoms. The quantitative estimate of drug-likeness (QED) is 0.857. The average Bonchev–Trinajstić information content (AvgIpc) is 2.38. The molecule has 0 aromatic carbocycles. The summed E-state index contributed by atoms with van der Waals surface area (Å²) in [6.07, 6.45) is 1.76. The van der Waals surface area contributed by atoms with Gasteiger partial charge in [0.25, 0.3) is 5.56 Å². The number of amides is 1. The van der Waals surface area contributed by atoms with Crippen molar-refractivity contribution in [1.82, 2.24) is 10.3 Å². The summed E-state index contributed by atoms with van der Waals surface area (Å²) in [6.45, 7) is 7.52. The lowest BCUT2D eigenvalue weighted by atomic mass is 9.99. The number of H-pyrrole nitrogens is 1. The molecular formula is C15H21N3O2. The molecule has 0 radical (unpaired) electrons. The van der Waals surface area contributed by atoms with Crippen molar-refractivity contribution in [1.29, 1.82) is 5.26 Å². The monoisotopic (exact) mass is 275 g/mol. The molecule has 0 saturated heterocycles. The predicted octanol–water partition coefficient (Wildman–Crippen LogP) is 1.71. The van der Waals surface area contributed by atoms with Gasteiger partial charge in [-0.25, -0.2) is 0 Å². The first-order chi connectivity index (χ1) is 9.40. The summed E-state index contributed by atoms with van der Waals surface area (Å²) in [5, 5.41) is 11.9. The van der Waals surface area contributed by atoms with Crippen molar-refractivity contribution in [3.63, 3.8) is 0 Å². The third-order valence-corrected chi connectivity index (χ3v) is 3.54. The van der Waals surface area contributed by atoms with Crippen LogP contribution in [0.15, 0.2) is 4.79 Å². The normalized spacial score (nSPS) is 11.8. The Hall–Kier alpha value is -2.09. The largest absolute Gasteiger partial charge is 0.354 e. The molecule has 1 rings (SSSR count). The molecule has 1 atom stereocenters. The maximum atomic E-state index is 11.8. The van der Waals surface area contributed by atoms with E-state index in [1.807, 2.05) is 19.9 Å². The molecule has 1 amide bonds. The molecule has 0 spiro atoms. The zero-order valence-electron chi connectivity index (χ0n) is 12.5. The SMILES string of the molecule is CCC(C)NC(=O)CCc1c(C)[nH]c(=O)c(C#N)c1C. The molecule has 0 aliphatic rings. The van der Waals surface area contributed by atoms with E-state index in [1.54, 1.807) is 13.8 Å². The summed E-state index contributed by atoms with van der Waals surface area (Å²) in [4.78, 5) is 26.1. The van der Waals surface area contributed by atoms with E-state index in [-0.39, 0.29) is 23.1 Å². The Morgan fingerprint density at radius 3 is 2.65 bits per heavy atom. The van der Waals surface area contributed by atoms with Crippen molar-refractivity contribution in [2.75, 3.05) is 0 Å². The zero-order chi connectivity index (χ0) is 15.3. The molecule has 2 N–H and O–H groups in total. The van der Waals surface area contributed by atoms with Crippen LogP contribution in [0.5, 0.6) is 0 Å². The fourth-order valence-corrected chi connectivity index (χ4v) is 2.11. The Bertz CT molecular complexity index is 596. The number of pyridine rings is 1. The van der Waals surface area contributed by atoms with E-state index < -0.39 is 0 Å². The molecule has 0 fully saturated rings. The van der Waals surface area contributed by atoms with Crippen LogP contribution in [0.2, 0.25) is 0 Å². The summed E-state index contributed by atoms with van der Waals surface area (Å²) < 4.78 is 0. The van der Waals surface area contributed by atoms with Gasteiger partial charge in [-0.15, -0.1) is 0 Å². The molecule has 0 saturated carbocycles. The first-order valence-electron chi connectivity index (χ1n) is 6.82. The van der Waals surface area contributed by atoms with Crippen LogP contribution in [0, 0.1) is 25.2 Å². The van der Waals surface area contributed by atoms with E-state index in [2.05, 4.69) is 10.3 Å². The number of rotatable bonds is 5. The maximum absolute atomic E-state index is 11.8. The third-order valence-electron chi connectivity index (χ3n) is 3.54.